The molecule has 24 heavy (non-hydrogen) atoms. The highest BCUT2D eigenvalue weighted by Gasteiger charge is 2.14. The highest BCUT2D eigenvalue weighted by Crippen LogP contribution is 2.31. The number of hydrogen-bond acceptors (Lipinski definition) is 5. The van der Waals surface area contributed by atoms with Gasteiger partial charge in [-0.1, -0.05) is 6.07 Å². The summed E-state index contributed by atoms with van der Waals surface area (Å²) in [4.78, 5) is 13.1. The predicted octanol–water partition coefficient (Wildman–Crippen LogP) is 3.54. The van der Waals surface area contributed by atoms with E-state index in [1.165, 1.54) is 0 Å². The summed E-state index contributed by atoms with van der Waals surface area (Å²) < 4.78 is 7.21. The quantitative estimate of drug-likeness (QED) is 0.623. The maximum Gasteiger partial charge on any atom is 0.144 e. The lowest BCUT2D eigenvalue weighted by atomic mass is 10.2. The number of ether oxygens (including phenoxy) is 1. The Morgan fingerprint density at radius 1 is 1.04 bits per heavy atom. The van der Waals surface area contributed by atoms with Crippen LogP contribution in [0, 0.1) is 0 Å². The van der Waals surface area contributed by atoms with Crippen molar-refractivity contribution in [2.45, 2.75) is 0 Å². The summed E-state index contributed by atoms with van der Waals surface area (Å²) in [5.74, 6) is 1.62. The lowest BCUT2D eigenvalue weighted by molar-refractivity contribution is 0.415. The van der Waals surface area contributed by atoms with Crippen molar-refractivity contribution in [2.75, 3.05) is 12.4 Å². The minimum absolute atomic E-state index is 0.787. The van der Waals surface area contributed by atoms with Crippen LogP contribution in [0.25, 0.3) is 16.9 Å². The molecule has 6 nitrogen and oxygen atoms in total. The van der Waals surface area contributed by atoms with Crippen molar-refractivity contribution < 1.29 is 4.74 Å². The molecule has 0 aliphatic rings. The minimum Gasteiger partial charge on any atom is -0.497 e. The topological polar surface area (TPSA) is 64.3 Å². The zero-order valence-electron chi connectivity index (χ0n) is 13.0. The Kier molecular flexibility index (Phi) is 3.55. The van der Waals surface area contributed by atoms with E-state index in [0.29, 0.717) is 0 Å². The van der Waals surface area contributed by atoms with Crippen LogP contribution in [-0.4, -0.2) is 26.5 Å². The molecule has 3 heterocycles. The van der Waals surface area contributed by atoms with Gasteiger partial charge in [-0.05, 0) is 30.3 Å². The van der Waals surface area contributed by atoms with Crippen molar-refractivity contribution in [3.63, 3.8) is 0 Å². The molecule has 0 amide bonds. The van der Waals surface area contributed by atoms with Crippen molar-refractivity contribution >= 4 is 17.2 Å². The monoisotopic (exact) mass is 317 g/mol. The zero-order chi connectivity index (χ0) is 16.4. The van der Waals surface area contributed by atoms with Crippen molar-refractivity contribution in [2.24, 2.45) is 0 Å². The van der Waals surface area contributed by atoms with Crippen LogP contribution in [-0.2, 0) is 0 Å². The molecule has 0 aliphatic carbocycles. The second-order valence-corrected chi connectivity index (χ2v) is 5.22. The largest absolute Gasteiger partial charge is 0.497 e. The summed E-state index contributed by atoms with van der Waals surface area (Å²) in [7, 11) is 1.65. The molecule has 0 saturated carbocycles. The summed E-state index contributed by atoms with van der Waals surface area (Å²) in [6.07, 6.45) is 7.01. The molecule has 0 unspecified atom stereocenters. The average molecular weight is 317 g/mol. The molecule has 4 aromatic rings. The first-order valence-electron chi connectivity index (χ1n) is 7.49. The SMILES string of the molecule is COc1cccc(Nc2c(-c3cccnc3)nc3ccncn23)c1. The second kappa shape index (κ2) is 6.00. The maximum absolute atomic E-state index is 5.29. The molecule has 0 spiro atoms. The Labute approximate surface area is 138 Å². The number of methoxy groups -OCH3 is 1. The first-order valence-corrected chi connectivity index (χ1v) is 7.49. The summed E-state index contributed by atoms with van der Waals surface area (Å²) in [5.41, 5.74) is 3.48. The molecule has 1 aromatic carbocycles. The van der Waals surface area contributed by atoms with Gasteiger partial charge >= 0.3 is 0 Å². The number of fused-ring (bicyclic) bond motifs is 1. The molecule has 0 bridgehead atoms. The van der Waals surface area contributed by atoms with Gasteiger partial charge in [-0.15, -0.1) is 0 Å². The first-order chi connectivity index (χ1) is 11.8. The third-order valence-electron chi connectivity index (χ3n) is 3.70. The molecule has 0 atom stereocenters. The fraction of sp³-hybridized carbons (Fsp3) is 0.0556. The lowest BCUT2D eigenvalue weighted by Crippen LogP contribution is -1.98. The fourth-order valence-corrected chi connectivity index (χ4v) is 2.56. The fourth-order valence-electron chi connectivity index (χ4n) is 2.56. The Hall–Kier alpha value is -3.41. The van der Waals surface area contributed by atoms with Crippen molar-refractivity contribution in [3.8, 4) is 17.0 Å². The number of rotatable bonds is 4. The van der Waals surface area contributed by atoms with E-state index in [-0.39, 0.29) is 0 Å². The van der Waals surface area contributed by atoms with Gasteiger partial charge in [0, 0.05) is 35.9 Å². The highest BCUT2D eigenvalue weighted by molar-refractivity contribution is 5.79. The number of benzene rings is 1. The first kappa shape index (κ1) is 14.2. The summed E-state index contributed by atoms with van der Waals surface area (Å²) in [6.45, 7) is 0. The van der Waals surface area contributed by atoms with Crippen LogP contribution in [0.3, 0.4) is 0 Å². The van der Waals surface area contributed by atoms with Crippen molar-refractivity contribution in [1.82, 2.24) is 19.4 Å². The van der Waals surface area contributed by atoms with E-state index in [9.17, 15) is 0 Å². The molecule has 0 saturated heterocycles. The molecule has 118 valence electrons. The Morgan fingerprint density at radius 3 is 2.83 bits per heavy atom. The summed E-state index contributed by atoms with van der Waals surface area (Å²) in [5, 5.41) is 3.42. The molecule has 6 heteroatoms. The van der Waals surface area contributed by atoms with Crippen molar-refractivity contribution in [3.05, 3.63) is 67.4 Å². The van der Waals surface area contributed by atoms with E-state index in [0.717, 1.165) is 34.2 Å². The number of aromatic nitrogens is 4. The van der Waals surface area contributed by atoms with Gasteiger partial charge in [0.05, 0.1) is 7.11 Å². The van der Waals surface area contributed by atoms with Gasteiger partial charge in [0.1, 0.15) is 29.2 Å². The Bertz CT molecular complexity index is 981. The number of nitrogens with zero attached hydrogens (tertiary/aromatic N) is 4. The van der Waals surface area contributed by atoms with Gasteiger partial charge in [0.15, 0.2) is 0 Å². The third kappa shape index (κ3) is 2.54. The summed E-state index contributed by atoms with van der Waals surface area (Å²) >= 11 is 0. The van der Waals surface area contributed by atoms with Crippen molar-refractivity contribution in [1.29, 1.82) is 0 Å². The van der Waals surface area contributed by atoms with E-state index in [2.05, 4.69) is 15.3 Å². The zero-order valence-corrected chi connectivity index (χ0v) is 13.0. The second-order valence-electron chi connectivity index (χ2n) is 5.22. The summed E-state index contributed by atoms with van der Waals surface area (Å²) in [6, 6.07) is 13.5. The number of anilines is 2. The van der Waals surface area contributed by atoms with E-state index < -0.39 is 0 Å². The number of imidazole rings is 1. The Balaban J connectivity index is 1.86. The highest BCUT2D eigenvalue weighted by atomic mass is 16.5. The molecular formula is C18H15N5O. The standard InChI is InChI=1S/C18H15N5O/c1-24-15-6-2-5-14(10-15)21-18-17(13-4-3-8-19-11-13)22-16-7-9-20-12-23(16)18/h2-12,21H,1H3. The lowest BCUT2D eigenvalue weighted by Gasteiger charge is -2.09. The van der Waals surface area contributed by atoms with E-state index in [4.69, 9.17) is 9.72 Å². The van der Waals surface area contributed by atoms with E-state index in [1.54, 1.807) is 32.0 Å². The average Bonchev–Trinajstić information content (AvgIpc) is 3.01. The molecule has 3 aromatic heterocycles. The molecule has 1 N–H and O–H groups in total. The Morgan fingerprint density at radius 2 is 2.00 bits per heavy atom. The van der Waals surface area contributed by atoms with Crippen LogP contribution in [0.15, 0.2) is 67.4 Å². The van der Waals surface area contributed by atoms with E-state index >= 15 is 0 Å². The molecule has 0 radical (unpaired) electrons. The molecule has 0 aliphatic heterocycles. The number of pyridine rings is 1. The van der Waals surface area contributed by atoms with Gasteiger partial charge < -0.3 is 10.1 Å². The normalized spacial score (nSPS) is 10.7. The molecule has 0 fully saturated rings. The smallest absolute Gasteiger partial charge is 0.144 e. The molecule has 4 rings (SSSR count). The van der Waals surface area contributed by atoms with E-state index in [1.807, 2.05) is 46.9 Å². The minimum atomic E-state index is 0.787. The van der Waals surface area contributed by atoms with Crippen LogP contribution in [0.2, 0.25) is 0 Å². The number of hydrogen-bond donors (Lipinski definition) is 1. The van der Waals surface area contributed by atoms with Gasteiger partial charge in [-0.2, -0.15) is 0 Å². The van der Waals surface area contributed by atoms with Crippen LogP contribution in [0.5, 0.6) is 5.75 Å². The van der Waals surface area contributed by atoms with Gasteiger partial charge in [-0.25, -0.2) is 9.97 Å². The number of nitrogens with one attached hydrogen (secondary N) is 1. The van der Waals surface area contributed by atoms with Gasteiger partial charge in [0.2, 0.25) is 0 Å². The van der Waals surface area contributed by atoms with Crippen LogP contribution in [0.4, 0.5) is 11.5 Å². The van der Waals surface area contributed by atoms with Gasteiger partial charge in [-0.3, -0.25) is 9.38 Å². The van der Waals surface area contributed by atoms with Crippen LogP contribution >= 0.6 is 0 Å². The third-order valence-corrected chi connectivity index (χ3v) is 3.70. The molecular weight excluding hydrogens is 302 g/mol. The predicted molar refractivity (Wildman–Crippen MR) is 92.5 cm³/mol. The maximum atomic E-state index is 5.29. The van der Waals surface area contributed by atoms with Crippen LogP contribution in [0.1, 0.15) is 0 Å². The van der Waals surface area contributed by atoms with Crippen LogP contribution < -0.4 is 10.1 Å². The van der Waals surface area contributed by atoms with Gasteiger partial charge in [0.25, 0.3) is 0 Å².